The summed E-state index contributed by atoms with van der Waals surface area (Å²) in [4.78, 5) is 25.9. The summed E-state index contributed by atoms with van der Waals surface area (Å²) >= 11 is 4.58. The van der Waals surface area contributed by atoms with Gasteiger partial charge in [-0.2, -0.15) is 0 Å². The van der Waals surface area contributed by atoms with E-state index in [0.717, 1.165) is 9.35 Å². The molecule has 0 aliphatic heterocycles. The van der Waals surface area contributed by atoms with E-state index in [1.54, 1.807) is 31.2 Å². The zero-order valence-corrected chi connectivity index (χ0v) is 14.4. The molecule has 2 rings (SSSR count). The number of thiophene rings is 1. The quantitative estimate of drug-likeness (QED) is 0.873. The number of anilines is 1. The van der Waals surface area contributed by atoms with Crippen molar-refractivity contribution in [2.75, 3.05) is 18.9 Å². The van der Waals surface area contributed by atoms with Gasteiger partial charge in [-0.25, -0.2) is 4.39 Å². The zero-order chi connectivity index (χ0) is 16.3. The standard InChI is InChI=1S/C15H14BrFN2O2S/c1-9-3-4-10(17)11(7-9)18-14(20)8-19(2)15(21)12-5-6-13(16)22-12/h3-7H,8H2,1-2H3,(H,18,20). The van der Waals surface area contributed by atoms with Crippen molar-refractivity contribution < 1.29 is 14.0 Å². The normalized spacial score (nSPS) is 10.4. The highest BCUT2D eigenvalue weighted by molar-refractivity contribution is 9.11. The van der Waals surface area contributed by atoms with Gasteiger partial charge in [0.15, 0.2) is 0 Å². The van der Waals surface area contributed by atoms with Gasteiger partial charge in [-0.15, -0.1) is 11.3 Å². The Labute approximate surface area is 140 Å². The average Bonchev–Trinajstić information content (AvgIpc) is 2.88. The van der Waals surface area contributed by atoms with Crippen molar-refractivity contribution >= 4 is 44.8 Å². The van der Waals surface area contributed by atoms with Crippen LogP contribution >= 0.6 is 27.3 Å². The maximum Gasteiger partial charge on any atom is 0.264 e. The molecule has 0 aliphatic carbocycles. The van der Waals surface area contributed by atoms with E-state index in [-0.39, 0.29) is 18.1 Å². The van der Waals surface area contributed by atoms with Crippen molar-refractivity contribution in [3.63, 3.8) is 0 Å². The number of carbonyl (C=O) groups excluding carboxylic acids is 2. The summed E-state index contributed by atoms with van der Waals surface area (Å²) in [6.07, 6.45) is 0. The molecule has 0 fully saturated rings. The Morgan fingerprint density at radius 1 is 1.32 bits per heavy atom. The minimum absolute atomic E-state index is 0.115. The van der Waals surface area contributed by atoms with Crippen LogP contribution < -0.4 is 5.32 Å². The Bertz CT molecular complexity index is 717. The third-order valence-corrected chi connectivity index (χ3v) is 4.52. The number of nitrogens with zero attached hydrogens (tertiary/aromatic N) is 1. The number of rotatable bonds is 4. The van der Waals surface area contributed by atoms with Crippen molar-refractivity contribution in [2.24, 2.45) is 0 Å². The predicted octanol–water partition coefficient (Wildman–Crippen LogP) is 3.67. The molecule has 0 saturated carbocycles. The van der Waals surface area contributed by atoms with Crippen LogP contribution in [-0.2, 0) is 4.79 Å². The number of nitrogens with one attached hydrogen (secondary N) is 1. The van der Waals surface area contributed by atoms with Gasteiger partial charge in [0, 0.05) is 7.05 Å². The van der Waals surface area contributed by atoms with E-state index in [9.17, 15) is 14.0 Å². The van der Waals surface area contributed by atoms with Gasteiger partial charge < -0.3 is 10.2 Å². The highest BCUT2D eigenvalue weighted by Crippen LogP contribution is 2.23. The molecule has 22 heavy (non-hydrogen) atoms. The van der Waals surface area contributed by atoms with Gasteiger partial charge in [0.05, 0.1) is 20.9 Å². The van der Waals surface area contributed by atoms with E-state index in [2.05, 4.69) is 21.2 Å². The first-order chi connectivity index (χ1) is 10.4. The van der Waals surface area contributed by atoms with E-state index in [4.69, 9.17) is 0 Å². The smallest absolute Gasteiger partial charge is 0.264 e. The Morgan fingerprint density at radius 2 is 2.05 bits per heavy atom. The first-order valence-corrected chi connectivity index (χ1v) is 8.04. The number of hydrogen-bond acceptors (Lipinski definition) is 3. The van der Waals surface area contributed by atoms with Crippen LogP contribution in [0.1, 0.15) is 15.2 Å². The summed E-state index contributed by atoms with van der Waals surface area (Å²) in [6.45, 7) is 1.65. The molecule has 4 nitrogen and oxygen atoms in total. The largest absolute Gasteiger partial charge is 0.332 e. The summed E-state index contributed by atoms with van der Waals surface area (Å²) in [5, 5.41) is 2.48. The fourth-order valence-corrected chi connectivity index (χ4v) is 3.21. The molecule has 2 aromatic rings. The van der Waals surface area contributed by atoms with Crippen molar-refractivity contribution in [3.05, 3.63) is 50.4 Å². The van der Waals surface area contributed by atoms with Gasteiger partial charge >= 0.3 is 0 Å². The molecule has 0 unspecified atom stereocenters. The summed E-state index contributed by atoms with van der Waals surface area (Å²) < 4.78 is 14.4. The van der Waals surface area contributed by atoms with E-state index in [0.29, 0.717) is 4.88 Å². The molecule has 2 amide bonds. The average molecular weight is 385 g/mol. The Hall–Kier alpha value is -1.73. The van der Waals surface area contributed by atoms with Crippen LogP contribution in [0.2, 0.25) is 0 Å². The summed E-state index contributed by atoms with van der Waals surface area (Å²) in [5.41, 5.74) is 0.953. The number of benzene rings is 1. The van der Waals surface area contributed by atoms with Crippen LogP contribution in [0.15, 0.2) is 34.1 Å². The van der Waals surface area contributed by atoms with Crippen molar-refractivity contribution in [2.45, 2.75) is 6.92 Å². The van der Waals surface area contributed by atoms with Gasteiger partial charge in [0.2, 0.25) is 5.91 Å². The van der Waals surface area contributed by atoms with E-state index >= 15 is 0 Å². The summed E-state index contributed by atoms with van der Waals surface area (Å²) in [6, 6.07) is 7.92. The lowest BCUT2D eigenvalue weighted by atomic mass is 10.2. The van der Waals surface area contributed by atoms with Crippen molar-refractivity contribution in [1.82, 2.24) is 4.90 Å². The summed E-state index contributed by atoms with van der Waals surface area (Å²) in [5.74, 6) is -1.21. The highest BCUT2D eigenvalue weighted by atomic mass is 79.9. The predicted molar refractivity (Wildman–Crippen MR) is 88.7 cm³/mol. The topological polar surface area (TPSA) is 49.4 Å². The number of halogens is 2. The molecular formula is C15H14BrFN2O2S. The van der Waals surface area contributed by atoms with E-state index < -0.39 is 11.7 Å². The second-order valence-corrected chi connectivity index (χ2v) is 7.26. The molecule has 0 saturated heterocycles. The molecule has 1 N–H and O–H groups in total. The van der Waals surface area contributed by atoms with Gasteiger partial charge in [-0.3, -0.25) is 9.59 Å². The van der Waals surface area contributed by atoms with Gasteiger partial charge in [-0.1, -0.05) is 6.07 Å². The van der Waals surface area contributed by atoms with Gasteiger partial charge in [0.25, 0.3) is 5.91 Å². The highest BCUT2D eigenvalue weighted by Gasteiger charge is 2.17. The molecule has 0 aliphatic rings. The Morgan fingerprint density at radius 3 is 2.68 bits per heavy atom. The lowest BCUT2D eigenvalue weighted by molar-refractivity contribution is -0.116. The van der Waals surface area contributed by atoms with Crippen LogP contribution in [0.5, 0.6) is 0 Å². The molecule has 0 radical (unpaired) electrons. The summed E-state index contributed by atoms with van der Waals surface area (Å²) in [7, 11) is 1.53. The third kappa shape index (κ3) is 4.14. The molecule has 1 aromatic carbocycles. The van der Waals surface area contributed by atoms with Crippen molar-refractivity contribution in [1.29, 1.82) is 0 Å². The molecule has 0 bridgehead atoms. The maximum atomic E-state index is 13.6. The van der Waals surface area contributed by atoms with Gasteiger partial charge in [-0.05, 0) is 52.7 Å². The number of carbonyl (C=O) groups is 2. The molecule has 1 heterocycles. The zero-order valence-electron chi connectivity index (χ0n) is 12.0. The minimum Gasteiger partial charge on any atom is -0.332 e. The van der Waals surface area contributed by atoms with Crippen LogP contribution in [0.4, 0.5) is 10.1 Å². The minimum atomic E-state index is -0.505. The van der Waals surface area contributed by atoms with Crippen LogP contribution in [0.3, 0.4) is 0 Å². The van der Waals surface area contributed by atoms with E-state index in [1.165, 1.54) is 29.4 Å². The molecular weight excluding hydrogens is 371 g/mol. The SMILES string of the molecule is Cc1ccc(F)c(NC(=O)CN(C)C(=O)c2ccc(Br)s2)c1. The second-order valence-electron chi connectivity index (χ2n) is 4.80. The van der Waals surface area contributed by atoms with Gasteiger partial charge in [0.1, 0.15) is 5.82 Å². The molecule has 1 aromatic heterocycles. The van der Waals surface area contributed by atoms with Crippen LogP contribution in [-0.4, -0.2) is 30.3 Å². The number of aryl methyl sites for hydroxylation is 1. The maximum absolute atomic E-state index is 13.6. The second kappa shape index (κ2) is 7.02. The first kappa shape index (κ1) is 16.6. The molecule has 116 valence electrons. The fourth-order valence-electron chi connectivity index (χ4n) is 1.83. The third-order valence-electron chi connectivity index (χ3n) is 2.91. The monoisotopic (exact) mass is 384 g/mol. The molecule has 7 heteroatoms. The lowest BCUT2D eigenvalue weighted by Crippen LogP contribution is -2.34. The first-order valence-electron chi connectivity index (χ1n) is 6.43. The Balaban J connectivity index is 1.99. The fraction of sp³-hybridized carbons (Fsp3) is 0.200. The molecule has 0 atom stereocenters. The molecule has 0 spiro atoms. The van der Waals surface area contributed by atoms with Crippen molar-refractivity contribution in [3.8, 4) is 0 Å². The van der Waals surface area contributed by atoms with E-state index in [1.807, 2.05) is 0 Å². The number of hydrogen-bond donors (Lipinski definition) is 1. The van der Waals surface area contributed by atoms with Crippen LogP contribution in [0, 0.1) is 12.7 Å². The Kier molecular flexibility index (Phi) is 5.31. The van der Waals surface area contributed by atoms with Crippen LogP contribution in [0.25, 0.3) is 0 Å². The number of likely N-dealkylation sites (N-methyl/N-ethyl adjacent to an activating group) is 1. The number of amides is 2. The lowest BCUT2D eigenvalue weighted by Gasteiger charge is -2.16.